The van der Waals surface area contributed by atoms with E-state index in [9.17, 15) is 0 Å². The normalized spacial score (nSPS) is 8.64. The Bertz CT molecular complexity index is 453. The van der Waals surface area contributed by atoms with E-state index in [4.69, 9.17) is 0 Å². The highest BCUT2D eigenvalue weighted by atomic mass is 32.1. The second-order valence-corrected chi connectivity index (χ2v) is 3.49. The number of thiophene rings is 1. The lowest BCUT2D eigenvalue weighted by atomic mass is 10.4. The first-order chi connectivity index (χ1) is 6.86. The standard InChI is InChI=1S/C13H10S/c1-3-5-6-7-9-13-11-10-12(14-13)8-4-2/h3,5-6,10-11H,1H2,2H3. The highest BCUT2D eigenvalue weighted by Gasteiger charge is 1.91. The lowest BCUT2D eigenvalue weighted by Gasteiger charge is -1.75. The summed E-state index contributed by atoms with van der Waals surface area (Å²) in [5, 5.41) is 0. The van der Waals surface area contributed by atoms with E-state index in [2.05, 4.69) is 30.3 Å². The van der Waals surface area contributed by atoms with Crippen LogP contribution >= 0.6 is 11.3 Å². The van der Waals surface area contributed by atoms with Crippen molar-refractivity contribution in [2.24, 2.45) is 0 Å². The molecule has 0 bridgehead atoms. The molecule has 1 aromatic rings. The molecule has 0 saturated heterocycles. The van der Waals surface area contributed by atoms with Gasteiger partial charge in [0.15, 0.2) is 0 Å². The molecular weight excluding hydrogens is 188 g/mol. The van der Waals surface area contributed by atoms with E-state index in [-0.39, 0.29) is 0 Å². The van der Waals surface area contributed by atoms with Gasteiger partial charge in [0.2, 0.25) is 0 Å². The summed E-state index contributed by atoms with van der Waals surface area (Å²) in [5.74, 6) is 11.8. The molecule has 0 unspecified atom stereocenters. The molecule has 0 aliphatic carbocycles. The van der Waals surface area contributed by atoms with Gasteiger partial charge in [-0.25, -0.2) is 0 Å². The van der Waals surface area contributed by atoms with E-state index in [0.29, 0.717) is 0 Å². The lowest BCUT2D eigenvalue weighted by molar-refractivity contribution is 1.86. The van der Waals surface area contributed by atoms with E-state index in [0.717, 1.165) is 9.75 Å². The fourth-order valence-corrected chi connectivity index (χ4v) is 1.60. The van der Waals surface area contributed by atoms with Gasteiger partial charge < -0.3 is 0 Å². The maximum atomic E-state index is 3.56. The first-order valence-corrected chi connectivity index (χ1v) is 5.00. The fourth-order valence-electron chi connectivity index (χ4n) is 0.824. The van der Waals surface area contributed by atoms with Gasteiger partial charge in [0, 0.05) is 0 Å². The molecule has 68 valence electrons. The van der Waals surface area contributed by atoms with E-state index in [1.54, 1.807) is 23.5 Å². The summed E-state index contributed by atoms with van der Waals surface area (Å²) < 4.78 is 0. The van der Waals surface area contributed by atoms with Gasteiger partial charge >= 0.3 is 0 Å². The Morgan fingerprint density at radius 1 is 1.29 bits per heavy atom. The molecule has 0 amide bonds. The zero-order valence-electron chi connectivity index (χ0n) is 8.00. The molecule has 1 rings (SSSR count). The van der Waals surface area contributed by atoms with Gasteiger partial charge in [-0.15, -0.1) is 17.3 Å². The van der Waals surface area contributed by atoms with Gasteiger partial charge in [-0.05, 0) is 25.1 Å². The molecule has 1 aromatic heterocycles. The lowest BCUT2D eigenvalue weighted by Crippen LogP contribution is -1.58. The predicted octanol–water partition coefficient (Wildman–Crippen LogP) is 3.21. The SMILES string of the molecule is C=CC=CC#Cc1ccc(C#CC)s1. The molecule has 1 heterocycles. The maximum absolute atomic E-state index is 3.56. The third-order valence-corrected chi connectivity index (χ3v) is 2.28. The van der Waals surface area contributed by atoms with Gasteiger partial charge in [0.05, 0.1) is 9.75 Å². The van der Waals surface area contributed by atoms with Crippen LogP contribution in [0.2, 0.25) is 0 Å². The number of hydrogen-bond acceptors (Lipinski definition) is 1. The Kier molecular flexibility index (Phi) is 4.35. The third-order valence-electron chi connectivity index (χ3n) is 1.37. The Balaban J connectivity index is 2.74. The topological polar surface area (TPSA) is 0 Å². The average molecular weight is 198 g/mol. The zero-order valence-corrected chi connectivity index (χ0v) is 8.82. The largest absolute Gasteiger partial charge is 0.118 e. The van der Waals surface area contributed by atoms with Crippen LogP contribution in [0.4, 0.5) is 0 Å². The molecule has 0 nitrogen and oxygen atoms in total. The molecule has 1 heteroatoms. The van der Waals surface area contributed by atoms with Crippen molar-refractivity contribution < 1.29 is 0 Å². The molecule has 0 aromatic carbocycles. The molecule has 0 fully saturated rings. The van der Waals surface area contributed by atoms with Crippen LogP contribution in [0.1, 0.15) is 16.7 Å². The first kappa shape index (κ1) is 10.4. The van der Waals surface area contributed by atoms with Crippen molar-refractivity contribution in [1.82, 2.24) is 0 Å². The van der Waals surface area contributed by atoms with Crippen LogP contribution in [-0.2, 0) is 0 Å². The van der Waals surface area contributed by atoms with Crippen LogP contribution in [0.15, 0.2) is 36.9 Å². The summed E-state index contributed by atoms with van der Waals surface area (Å²) in [4.78, 5) is 2.10. The van der Waals surface area contributed by atoms with Crippen LogP contribution in [0.25, 0.3) is 0 Å². The molecule has 0 aliphatic heterocycles. The number of rotatable bonds is 1. The average Bonchev–Trinajstić information content (AvgIpc) is 2.61. The highest BCUT2D eigenvalue weighted by Crippen LogP contribution is 2.13. The Morgan fingerprint density at radius 2 is 2.00 bits per heavy atom. The van der Waals surface area contributed by atoms with E-state index < -0.39 is 0 Å². The van der Waals surface area contributed by atoms with Crippen LogP contribution in [-0.4, -0.2) is 0 Å². The molecule has 0 aliphatic rings. The molecule has 0 spiro atoms. The quantitative estimate of drug-likeness (QED) is 0.480. The Morgan fingerprint density at radius 3 is 2.64 bits per heavy atom. The fraction of sp³-hybridized carbons (Fsp3) is 0.0769. The smallest absolute Gasteiger partial charge is 0.0785 e. The molecule has 0 radical (unpaired) electrons. The summed E-state index contributed by atoms with van der Waals surface area (Å²) in [6, 6.07) is 3.97. The van der Waals surface area contributed by atoms with Crippen molar-refractivity contribution in [3.8, 4) is 23.7 Å². The van der Waals surface area contributed by atoms with Crippen LogP contribution in [0.3, 0.4) is 0 Å². The van der Waals surface area contributed by atoms with Crippen molar-refractivity contribution in [2.75, 3.05) is 0 Å². The summed E-state index contributed by atoms with van der Waals surface area (Å²) in [5.41, 5.74) is 0. The minimum atomic E-state index is 1.04. The molecular formula is C13H10S. The number of allylic oxidation sites excluding steroid dienone is 3. The zero-order chi connectivity index (χ0) is 10.2. The van der Waals surface area contributed by atoms with E-state index in [1.807, 2.05) is 25.1 Å². The van der Waals surface area contributed by atoms with Crippen LogP contribution in [0, 0.1) is 23.7 Å². The van der Waals surface area contributed by atoms with Crippen molar-refractivity contribution in [2.45, 2.75) is 6.92 Å². The van der Waals surface area contributed by atoms with Gasteiger partial charge in [0.25, 0.3) is 0 Å². The summed E-state index contributed by atoms with van der Waals surface area (Å²) in [6.07, 6.45) is 5.29. The monoisotopic (exact) mass is 198 g/mol. The highest BCUT2D eigenvalue weighted by molar-refractivity contribution is 7.13. The second kappa shape index (κ2) is 5.86. The predicted molar refractivity (Wildman–Crippen MR) is 63.1 cm³/mol. The van der Waals surface area contributed by atoms with E-state index in [1.165, 1.54) is 0 Å². The van der Waals surface area contributed by atoms with Crippen molar-refractivity contribution >= 4 is 11.3 Å². The molecule has 0 saturated carbocycles. The van der Waals surface area contributed by atoms with Gasteiger partial charge in [0.1, 0.15) is 0 Å². The second-order valence-electron chi connectivity index (χ2n) is 2.40. The van der Waals surface area contributed by atoms with Crippen molar-refractivity contribution in [1.29, 1.82) is 0 Å². The van der Waals surface area contributed by atoms with Crippen LogP contribution < -0.4 is 0 Å². The molecule has 14 heavy (non-hydrogen) atoms. The number of hydrogen-bond donors (Lipinski definition) is 0. The van der Waals surface area contributed by atoms with E-state index >= 15 is 0 Å². The summed E-state index contributed by atoms with van der Waals surface area (Å²) in [6.45, 7) is 5.39. The maximum Gasteiger partial charge on any atom is 0.0785 e. The van der Waals surface area contributed by atoms with Crippen molar-refractivity contribution in [3.63, 3.8) is 0 Å². The van der Waals surface area contributed by atoms with Gasteiger partial charge in [-0.3, -0.25) is 0 Å². The van der Waals surface area contributed by atoms with Crippen molar-refractivity contribution in [3.05, 3.63) is 46.7 Å². The Labute approximate surface area is 89.0 Å². The minimum Gasteiger partial charge on any atom is -0.118 e. The first-order valence-electron chi connectivity index (χ1n) is 4.18. The van der Waals surface area contributed by atoms with Crippen LogP contribution in [0.5, 0.6) is 0 Å². The summed E-state index contributed by atoms with van der Waals surface area (Å²) in [7, 11) is 0. The summed E-state index contributed by atoms with van der Waals surface area (Å²) >= 11 is 1.61. The molecule has 0 atom stereocenters. The van der Waals surface area contributed by atoms with Gasteiger partial charge in [-0.1, -0.05) is 36.5 Å². The Hall–Kier alpha value is -1.70. The third kappa shape index (κ3) is 3.35. The van der Waals surface area contributed by atoms with Gasteiger partial charge in [-0.2, -0.15) is 0 Å². The minimum absolute atomic E-state index is 1.04. The molecule has 0 N–H and O–H groups in total.